The summed E-state index contributed by atoms with van der Waals surface area (Å²) in [6.45, 7) is 5.82. The number of rotatable bonds is 6. The molecule has 2 N–H and O–H groups in total. The molecule has 1 aromatic rings. The molecule has 0 spiro atoms. The Morgan fingerprint density at radius 3 is 2.89 bits per heavy atom. The summed E-state index contributed by atoms with van der Waals surface area (Å²) in [5.41, 5.74) is 2.18. The molecule has 0 aromatic carbocycles. The van der Waals surface area contributed by atoms with E-state index < -0.39 is 0 Å². The number of aliphatic hydroxyl groups is 1. The lowest BCUT2D eigenvalue weighted by molar-refractivity contribution is 0.176. The number of hydrogen-bond acceptors (Lipinski definition) is 4. The quantitative estimate of drug-likeness (QED) is 0.818. The van der Waals surface area contributed by atoms with E-state index in [1.165, 1.54) is 18.5 Å². The smallest absolute Gasteiger partial charge is 0.0739 e. The van der Waals surface area contributed by atoms with E-state index in [2.05, 4.69) is 31.2 Å². The maximum Gasteiger partial charge on any atom is 0.0739 e. The van der Waals surface area contributed by atoms with Gasteiger partial charge >= 0.3 is 0 Å². The van der Waals surface area contributed by atoms with Gasteiger partial charge in [-0.15, -0.1) is 0 Å². The average Bonchev–Trinajstić information content (AvgIpc) is 2.94. The number of hydrogen-bond donors (Lipinski definition) is 2. The molecule has 0 amide bonds. The number of aliphatic hydroxyl groups excluding tert-OH is 1. The molecule has 0 bridgehead atoms. The minimum absolute atomic E-state index is 0.196. The third-order valence-corrected chi connectivity index (χ3v) is 4.72. The monoisotopic (exact) mass is 330 g/mol. The predicted molar refractivity (Wildman–Crippen MR) is 79.0 cm³/mol. The number of aryl methyl sites for hydroxylation is 2. The van der Waals surface area contributed by atoms with Gasteiger partial charge in [0.05, 0.1) is 22.5 Å². The first-order valence-electron chi connectivity index (χ1n) is 6.86. The van der Waals surface area contributed by atoms with E-state index in [0.717, 1.165) is 29.8 Å². The molecule has 1 saturated heterocycles. The summed E-state index contributed by atoms with van der Waals surface area (Å²) in [6, 6.07) is 0.555. The summed E-state index contributed by atoms with van der Waals surface area (Å²) in [6.07, 6.45) is 2.49. The van der Waals surface area contributed by atoms with Gasteiger partial charge in [-0.05, 0) is 42.2 Å². The van der Waals surface area contributed by atoms with Crippen molar-refractivity contribution < 1.29 is 5.11 Å². The molecule has 1 aliphatic heterocycles. The first-order chi connectivity index (χ1) is 9.11. The summed E-state index contributed by atoms with van der Waals surface area (Å²) in [5.74, 6) is 0. The zero-order chi connectivity index (χ0) is 13.8. The van der Waals surface area contributed by atoms with Crippen molar-refractivity contribution in [2.45, 2.75) is 32.4 Å². The summed E-state index contributed by atoms with van der Waals surface area (Å²) in [5, 5.41) is 17.2. The van der Waals surface area contributed by atoms with Crippen molar-refractivity contribution in [3.8, 4) is 0 Å². The van der Waals surface area contributed by atoms with Crippen LogP contribution in [0.5, 0.6) is 0 Å². The topological polar surface area (TPSA) is 53.3 Å². The maximum absolute atomic E-state index is 9.24. The highest BCUT2D eigenvalue weighted by atomic mass is 79.9. The summed E-state index contributed by atoms with van der Waals surface area (Å²) in [7, 11) is 1.97. The lowest BCUT2D eigenvalue weighted by Gasteiger charge is -2.25. The normalized spacial score (nSPS) is 19.5. The maximum atomic E-state index is 9.24. The van der Waals surface area contributed by atoms with Crippen LogP contribution in [0.15, 0.2) is 4.47 Å². The molecule has 0 aliphatic carbocycles. The van der Waals surface area contributed by atoms with Crippen LogP contribution in [0.4, 0.5) is 0 Å². The van der Waals surface area contributed by atoms with Crippen LogP contribution in [-0.2, 0) is 13.6 Å². The van der Waals surface area contributed by atoms with Crippen molar-refractivity contribution in [2.75, 3.05) is 26.2 Å². The lowest BCUT2D eigenvalue weighted by atomic mass is 10.2. The summed E-state index contributed by atoms with van der Waals surface area (Å²) >= 11 is 3.61. The highest BCUT2D eigenvalue weighted by molar-refractivity contribution is 9.10. The Morgan fingerprint density at radius 1 is 1.58 bits per heavy atom. The standard InChI is InChI=1S/C13H23BrN4O/c1-10-13(14)12(17(2)16-10)9-18(6-7-19)8-11-4-3-5-15-11/h11,15,19H,3-9H2,1-2H3. The van der Waals surface area contributed by atoms with Gasteiger partial charge in [-0.1, -0.05) is 0 Å². The van der Waals surface area contributed by atoms with E-state index >= 15 is 0 Å². The highest BCUT2D eigenvalue weighted by Gasteiger charge is 2.20. The molecule has 1 atom stereocenters. The molecule has 2 heterocycles. The molecular weight excluding hydrogens is 308 g/mol. The molecule has 1 aliphatic rings. The van der Waals surface area contributed by atoms with Crippen molar-refractivity contribution in [3.05, 3.63) is 15.9 Å². The van der Waals surface area contributed by atoms with E-state index in [9.17, 15) is 5.11 Å². The van der Waals surface area contributed by atoms with Gasteiger partial charge in [-0.3, -0.25) is 9.58 Å². The number of halogens is 1. The molecule has 1 fully saturated rings. The fourth-order valence-corrected chi connectivity index (χ4v) is 3.13. The molecule has 108 valence electrons. The summed E-state index contributed by atoms with van der Waals surface area (Å²) in [4.78, 5) is 2.30. The van der Waals surface area contributed by atoms with Crippen LogP contribution < -0.4 is 5.32 Å². The lowest BCUT2D eigenvalue weighted by Crippen LogP contribution is -2.39. The second kappa shape index (κ2) is 6.83. The first kappa shape index (κ1) is 15.0. The number of nitrogens with one attached hydrogen (secondary N) is 1. The fourth-order valence-electron chi connectivity index (χ4n) is 2.66. The Kier molecular flexibility index (Phi) is 5.38. The Morgan fingerprint density at radius 2 is 2.37 bits per heavy atom. The van der Waals surface area contributed by atoms with Crippen molar-refractivity contribution in [2.24, 2.45) is 7.05 Å². The largest absolute Gasteiger partial charge is 0.395 e. The van der Waals surface area contributed by atoms with Crippen LogP contribution in [-0.4, -0.2) is 52.1 Å². The molecule has 1 unspecified atom stereocenters. The third kappa shape index (κ3) is 3.78. The van der Waals surface area contributed by atoms with Gasteiger partial charge in [0.1, 0.15) is 0 Å². The van der Waals surface area contributed by atoms with Crippen molar-refractivity contribution in [3.63, 3.8) is 0 Å². The molecule has 5 nitrogen and oxygen atoms in total. The second-order valence-corrected chi connectivity index (χ2v) is 6.01. The first-order valence-corrected chi connectivity index (χ1v) is 7.65. The highest BCUT2D eigenvalue weighted by Crippen LogP contribution is 2.22. The van der Waals surface area contributed by atoms with Gasteiger partial charge in [0.25, 0.3) is 0 Å². The number of aromatic nitrogens is 2. The zero-order valence-corrected chi connectivity index (χ0v) is 13.3. The van der Waals surface area contributed by atoms with Gasteiger partial charge in [0.2, 0.25) is 0 Å². The molecule has 1 aromatic heterocycles. The van der Waals surface area contributed by atoms with E-state index in [-0.39, 0.29) is 6.61 Å². The van der Waals surface area contributed by atoms with Gasteiger partial charge in [0, 0.05) is 32.7 Å². The number of nitrogens with zero attached hydrogens (tertiary/aromatic N) is 3. The molecule has 19 heavy (non-hydrogen) atoms. The molecule has 0 radical (unpaired) electrons. The van der Waals surface area contributed by atoms with Crippen LogP contribution in [0, 0.1) is 6.92 Å². The van der Waals surface area contributed by atoms with Crippen LogP contribution in [0.2, 0.25) is 0 Å². The fraction of sp³-hybridized carbons (Fsp3) is 0.769. The molecule has 6 heteroatoms. The van der Waals surface area contributed by atoms with Gasteiger partial charge in [-0.25, -0.2) is 0 Å². The Balaban J connectivity index is 2.02. The SMILES string of the molecule is Cc1nn(C)c(CN(CCO)CC2CCCN2)c1Br. The zero-order valence-electron chi connectivity index (χ0n) is 11.7. The van der Waals surface area contributed by atoms with E-state index in [1.54, 1.807) is 0 Å². The van der Waals surface area contributed by atoms with Gasteiger partial charge in [-0.2, -0.15) is 5.10 Å². The van der Waals surface area contributed by atoms with Crippen LogP contribution in [0.1, 0.15) is 24.2 Å². The minimum atomic E-state index is 0.196. The molecular formula is C13H23BrN4O. The predicted octanol–water partition coefficient (Wildman–Crippen LogP) is 1.04. The summed E-state index contributed by atoms with van der Waals surface area (Å²) < 4.78 is 3.00. The van der Waals surface area contributed by atoms with Gasteiger partial charge in [0.15, 0.2) is 0 Å². The van der Waals surface area contributed by atoms with Crippen LogP contribution >= 0.6 is 15.9 Å². The van der Waals surface area contributed by atoms with Crippen molar-refractivity contribution in [1.29, 1.82) is 0 Å². The second-order valence-electron chi connectivity index (χ2n) is 5.22. The Labute approximate surface area is 123 Å². The third-order valence-electron chi connectivity index (χ3n) is 3.69. The van der Waals surface area contributed by atoms with Gasteiger partial charge < -0.3 is 10.4 Å². The minimum Gasteiger partial charge on any atom is -0.395 e. The van der Waals surface area contributed by atoms with Crippen LogP contribution in [0.25, 0.3) is 0 Å². The van der Waals surface area contributed by atoms with E-state index in [0.29, 0.717) is 12.6 Å². The molecule has 0 saturated carbocycles. The average molecular weight is 331 g/mol. The van der Waals surface area contributed by atoms with Crippen molar-refractivity contribution >= 4 is 15.9 Å². The van der Waals surface area contributed by atoms with Crippen molar-refractivity contribution in [1.82, 2.24) is 20.0 Å². The van der Waals surface area contributed by atoms with E-state index in [4.69, 9.17) is 0 Å². The van der Waals surface area contributed by atoms with E-state index in [1.807, 2.05) is 18.7 Å². The Bertz CT molecular complexity index is 415. The van der Waals surface area contributed by atoms with Crippen LogP contribution in [0.3, 0.4) is 0 Å². The molecule has 2 rings (SSSR count). The Hall–Kier alpha value is -0.430.